The highest BCUT2D eigenvalue weighted by Gasteiger charge is 2.21. The maximum Gasteiger partial charge on any atom is 0.309 e. The molecular formula is C19H24N2O2S. The second kappa shape index (κ2) is 7.45. The molecule has 1 fully saturated rings. The summed E-state index contributed by atoms with van der Waals surface area (Å²) in [5.41, 5.74) is 3.01. The molecule has 1 aliphatic rings. The first-order valence-corrected chi connectivity index (χ1v) is 9.35. The van der Waals surface area contributed by atoms with Crippen molar-refractivity contribution in [2.75, 3.05) is 13.1 Å². The van der Waals surface area contributed by atoms with Crippen LogP contribution >= 0.6 is 11.3 Å². The molecule has 128 valence electrons. The Kier molecular flexibility index (Phi) is 5.31. The summed E-state index contributed by atoms with van der Waals surface area (Å²) in [5.74, 6) is 0.708. The molecule has 2 unspecified atom stereocenters. The zero-order chi connectivity index (χ0) is 17.1. The Balaban J connectivity index is 1.65. The van der Waals surface area contributed by atoms with Gasteiger partial charge in [0.25, 0.3) is 0 Å². The van der Waals surface area contributed by atoms with Crippen molar-refractivity contribution in [1.29, 1.82) is 0 Å². The van der Waals surface area contributed by atoms with Crippen LogP contribution in [0.25, 0.3) is 10.6 Å². The van der Waals surface area contributed by atoms with E-state index in [-0.39, 0.29) is 6.42 Å². The molecule has 24 heavy (non-hydrogen) atoms. The molecule has 0 radical (unpaired) electrons. The van der Waals surface area contributed by atoms with E-state index in [9.17, 15) is 4.79 Å². The molecule has 2 atom stereocenters. The number of carbonyl (C=O) groups is 1. The second-order valence-corrected chi connectivity index (χ2v) is 7.91. The van der Waals surface area contributed by atoms with Crippen molar-refractivity contribution in [3.05, 3.63) is 40.9 Å². The zero-order valence-corrected chi connectivity index (χ0v) is 15.1. The van der Waals surface area contributed by atoms with Crippen LogP contribution in [-0.4, -0.2) is 34.0 Å². The first-order chi connectivity index (χ1) is 11.5. The maximum atomic E-state index is 10.8. The fraction of sp³-hybridized carbons (Fsp3) is 0.474. The fourth-order valence-electron chi connectivity index (χ4n) is 3.61. The second-order valence-electron chi connectivity index (χ2n) is 7.05. The topological polar surface area (TPSA) is 53.4 Å². The third-order valence-corrected chi connectivity index (χ3v) is 5.38. The van der Waals surface area contributed by atoms with Gasteiger partial charge in [-0.15, -0.1) is 11.3 Å². The third-order valence-electron chi connectivity index (χ3n) is 4.44. The van der Waals surface area contributed by atoms with E-state index in [0.717, 1.165) is 29.0 Å². The number of aromatic nitrogens is 1. The van der Waals surface area contributed by atoms with Crippen LogP contribution in [0.3, 0.4) is 0 Å². The van der Waals surface area contributed by atoms with Crippen molar-refractivity contribution in [2.24, 2.45) is 11.8 Å². The van der Waals surface area contributed by atoms with Gasteiger partial charge in [-0.05, 0) is 23.8 Å². The largest absolute Gasteiger partial charge is 0.481 e. The molecule has 2 aromatic rings. The van der Waals surface area contributed by atoms with Crippen LogP contribution in [0.2, 0.25) is 0 Å². The van der Waals surface area contributed by atoms with Crippen LogP contribution in [0.15, 0.2) is 29.6 Å². The number of rotatable bonds is 5. The van der Waals surface area contributed by atoms with E-state index in [1.807, 2.05) is 5.38 Å². The average molecular weight is 344 g/mol. The van der Waals surface area contributed by atoms with Gasteiger partial charge < -0.3 is 5.11 Å². The van der Waals surface area contributed by atoms with E-state index in [1.165, 1.54) is 36.4 Å². The van der Waals surface area contributed by atoms with Gasteiger partial charge in [-0.2, -0.15) is 0 Å². The summed E-state index contributed by atoms with van der Waals surface area (Å²) >= 11 is 1.50. The predicted molar refractivity (Wildman–Crippen MR) is 97.1 cm³/mol. The number of carboxylic acid groups (broad SMARTS) is 1. The lowest BCUT2D eigenvalue weighted by molar-refractivity contribution is -0.136. The van der Waals surface area contributed by atoms with Crippen LogP contribution in [0.5, 0.6) is 0 Å². The van der Waals surface area contributed by atoms with Gasteiger partial charge in [0.05, 0.1) is 12.1 Å². The molecule has 0 spiro atoms. The van der Waals surface area contributed by atoms with Crippen molar-refractivity contribution >= 4 is 17.3 Å². The summed E-state index contributed by atoms with van der Waals surface area (Å²) < 4.78 is 0. The van der Waals surface area contributed by atoms with Gasteiger partial charge in [-0.3, -0.25) is 9.69 Å². The van der Waals surface area contributed by atoms with Crippen LogP contribution in [0, 0.1) is 11.8 Å². The lowest BCUT2D eigenvalue weighted by Gasteiger charge is -2.35. The number of piperidine rings is 1. The number of hydrogen-bond donors (Lipinski definition) is 1. The molecule has 1 N–H and O–H groups in total. The Morgan fingerprint density at radius 2 is 1.92 bits per heavy atom. The number of aliphatic carboxylic acids is 1. The Bertz CT molecular complexity index is 686. The summed E-state index contributed by atoms with van der Waals surface area (Å²) in [6, 6.07) is 8.51. The van der Waals surface area contributed by atoms with Crippen molar-refractivity contribution in [2.45, 2.75) is 33.2 Å². The zero-order valence-electron chi connectivity index (χ0n) is 14.2. The van der Waals surface area contributed by atoms with E-state index in [2.05, 4.69) is 48.0 Å². The highest BCUT2D eigenvalue weighted by Crippen LogP contribution is 2.26. The van der Waals surface area contributed by atoms with E-state index < -0.39 is 5.97 Å². The van der Waals surface area contributed by atoms with Gasteiger partial charge in [0.2, 0.25) is 0 Å². The Labute approximate surface area is 147 Å². The molecule has 0 aliphatic carbocycles. The first kappa shape index (κ1) is 17.1. The van der Waals surface area contributed by atoms with Crippen molar-refractivity contribution in [3.63, 3.8) is 0 Å². The minimum Gasteiger partial charge on any atom is -0.481 e. The average Bonchev–Trinajstić information content (AvgIpc) is 2.94. The van der Waals surface area contributed by atoms with Gasteiger partial charge in [-0.25, -0.2) is 4.98 Å². The van der Waals surface area contributed by atoms with Crippen LogP contribution in [0.4, 0.5) is 0 Å². The molecule has 4 nitrogen and oxygen atoms in total. The van der Waals surface area contributed by atoms with E-state index in [0.29, 0.717) is 5.69 Å². The smallest absolute Gasteiger partial charge is 0.309 e. The third kappa shape index (κ3) is 4.42. The number of nitrogens with zero attached hydrogens (tertiary/aromatic N) is 2. The monoisotopic (exact) mass is 344 g/mol. The minimum atomic E-state index is -0.841. The Morgan fingerprint density at radius 1 is 1.25 bits per heavy atom. The highest BCUT2D eigenvalue weighted by molar-refractivity contribution is 7.13. The van der Waals surface area contributed by atoms with Crippen molar-refractivity contribution in [1.82, 2.24) is 9.88 Å². The standard InChI is InChI=1S/C19H24N2O2S/c1-13-7-14(2)10-21(9-13)11-15-3-5-16(6-4-15)19-20-17(12-24-19)8-18(22)23/h3-6,12-14H,7-11H2,1-2H3,(H,22,23). The normalized spacial score (nSPS) is 21.8. The minimum absolute atomic E-state index is 0.0140. The Morgan fingerprint density at radius 3 is 2.54 bits per heavy atom. The van der Waals surface area contributed by atoms with Gasteiger partial charge in [-0.1, -0.05) is 38.1 Å². The lowest BCUT2D eigenvalue weighted by Crippen LogP contribution is -2.38. The van der Waals surface area contributed by atoms with Gasteiger partial charge >= 0.3 is 5.97 Å². The quantitative estimate of drug-likeness (QED) is 0.893. The maximum absolute atomic E-state index is 10.8. The molecule has 0 bridgehead atoms. The molecule has 3 rings (SSSR count). The number of hydrogen-bond acceptors (Lipinski definition) is 4. The van der Waals surface area contributed by atoms with Gasteiger partial charge in [0.1, 0.15) is 5.01 Å². The van der Waals surface area contributed by atoms with Gasteiger partial charge in [0, 0.05) is 30.6 Å². The summed E-state index contributed by atoms with van der Waals surface area (Å²) in [6.07, 6.45) is 1.32. The molecule has 0 amide bonds. The summed E-state index contributed by atoms with van der Waals surface area (Å²) in [6.45, 7) is 8.02. The first-order valence-electron chi connectivity index (χ1n) is 8.47. The number of thiazole rings is 1. The molecule has 1 aliphatic heterocycles. The summed E-state index contributed by atoms with van der Waals surface area (Å²) in [7, 11) is 0. The fourth-order valence-corrected chi connectivity index (χ4v) is 4.43. The number of carboxylic acids is 1. The summed E-state index contributed by atoms with van der Waals surface area (Å²) in [4.78, 5) is 17.7. The SMILES string of the molecule is CC1CC(C)CN(Cc2ccc(-c3nc(CC(=O)O)cs3)cc2)C1. The van der Waals surface area contributed by atoms with Crippen LogP contribution in [0.1, 0.15) is 31.5 Å². The molecule has 1 aromatic heterocycles. The molecule has 2 heterocycles. The van der Waals surface area contributed by atoms with Crippen molar-refractivity contribution < 1.29 is 9.90 Å². The molecule has 5 heteroatoms. The molecular weight excluding hydrogens is 320 g/mol. The Hall–Kier alpha value is -1.72. The predicted octanol–water partition coefficient (Wildman–Crippen LogP) is 3.92. The number of likely N-dealkylation sites (tertiary alicyclic amines) is 1. The van der Waals surface area contributed by atoms with E-state index >= 15 is 0 Å². The summed E-state index contributed by atoms with van der Waals surface area (Å²) in [5, 5.41) is 11.6. The van der Waals surface area contributed by atoms with E-state index in [1.54, 1.807) is 0 Å². The number of benzene rings is 1. The van der Waals surface area contributed by atoms with Crippen LogP contribution in [-0.2, 0) is 17.8 Å². The molecule has 1 aromatic carbocycles. The van der Waals surface area contributed by atoms with Crippen LogP contribution < -0.4 is 0 Å². The van der Waals surface area contributed by atoms with Crippen molar-refractivity contribution in [3.8, 4) is 10.6 Å². The van der Waals surface area contributed by atoms with E-state index in [4.69, 9.17) is 5.11 Å². The highest BCUT2D eigenvalue weighted by atomic mass is 32.1. The molecule has 0 saturated carbocycles. The van der Waals surface area contributed by atoms with Gasteiger partial charge in [0.15, 0.2) is 0 Å². The lowest BCUT2D eigenvalue weighted by atomic mass is 9.91. The molecule has 1 saturated heterocycles.